The van der Waals surface area contributed by atoms with Crippen LogP contribution in [-0.4, -0.2) is 9.97 Å². The van der Waals surface area contributed by atoms with E-state index in [2.05, 4.69) is 9.97 Å². The summed E-state index contributed by atoms with van der Waals surface area (Å²) in [6.07, 6.45) is 0. The molecule has 0 aliphatic heterocycles. The quantitative estimate of drug-likeness (QED) is 0.586. The molecule has 0 amide bonds. The second-order valence-electron chi connectivity index (χ2n) is 3.88. The first-order valence-electron chi connectivity index (χ1n) is 5.40. The van der Waals surface area contributed by atoms with Crippen LogP contribution in [0.4, 0.5) is 5.69 Å². The number of aromatic nitrogens is 2. The number of thiazole rings is 1. The Hall–Kier alpha value is -1.53. The van der Waals surface area contributed by atoms with Crippen molar-refractivity contribution in [3.8, 4) is 0 Å². The van der Waals surface area contributed by atoms with Crippen molar-refractivity contribution < 1.29 is 4.42 Å². The number of hydrogen-bond donors (Lipinski definition) is 1. The molecule has 0 unspecified atom stereocenters. The van der Waals surface area contributed by atoms with E-state index < -0.39 is 0 Å². The molecule has 3 rings (SSSR count). The summed E-state index contributed by atoms with van der Waals surface area (Å²) in [7, 11) is 0. The maximum absolute atomic E-state index is 5.71. The lowest BCUT2D eigenvalue weighted by Crippen LogP contribution is -1.82. The van der Waals surface area contributed by atoms with E-state index in [4.69, 9.17) is 10.2 Å². The lowest BCUT2D eigenvalue weighted by molar-refractivity contribution is 0.556. The minimum Gasteiger partial charge on any atom is -0.440 e. The van der Waals surface area contributed by atoms with Crippen LogP contribution in [0.2, 0.25) is 0 Å². The zero-order valence-corrected chi connectivity index (χ0v) is 11.3. The molecule has 18 heavy (non-hydrogen) atoms. The molecular formula is C12H11N3OS2. The fourth-order valence-electron chi connectivity index (χ4n) is 1.58. The first-order valence-corrected chi connectivity index (χ1v) is 7.27. The third-order valence-corrected chi connectivity index (χ3v) is 4.50. The number of rotatable bonds is 3. The van der Waals surface area contributed by atoms with E-state index in [9.17, 15) is 0 Å². The average Bonchev–Trinajstić information content (AvgIpc) is 2.92. The van der Waals surface area contributed by atoms with Crippen molar-refractivity contribution in [1.82, 2.24) is 9.97 Å². The summed E-state index contributed by atoms with van der Waals surface area (Å²) in [5.41, 5.74) is 9.03. The predicted molar refractivity (Wildman–Crippen MR) is 74.8 cm³/mol. The van der Waals surface area contributed by atoms with Gasteiger partial charge >= 0.3 is 0 Å². The van der Waals surface area contributed by atoms with Gasteiger partial charge in [-0.15, -0.1) is 11.3 Å². The molecule has 0 saturated carbocycles. The van der Waals surface area contributed by atoms with Gasteiger partial charge in [0.2, 0.25) is 5.89 Å². The summed E-state index contributed by atoms with van der Waals surface area (Å²) < 4.78 is 6.68. The van der Waals surface area contributed by atoms with Gasteiger partial charge in [0.25, 0.3) is 0 Å². The van der Waals surface area contributed by atoms with Gasteiger partial charge in [0, 0.05) is 16.8 Å². The second kappa shape index (κ2) is 4.62. The van der Waals surface area contributed by atoms with Crippen LogP contribution in [-0.2, 0) is 5.75 Å². The topological polar surface area (TPSA) is 64.9 Å². The summed E-state index contributed by atoms with van der Waals surface area (Å²) in [6, 6.07) is 5.48. The number of nitrogen functional groups attached to an aromatic ring is 1. The zero-order chi connectivity index (χ0) is 12.5. The van der Waals surface area contributed by atoms with Gasteiger partial charge in [-0.2, -0.15) is 0 Å². The molecule has 0 bridgehead atoms. The van der Waals surface area contributed by atoms with E-state index >= 15 is 0 Å². The van der Waals surface area contributed by atoms with Gasteiger partial charge in [-0.1, -0.05) is 11.8 Å². The number of nitrogens with zero attached hydrogens (tertiary/aromatic N) is 2. The van der Waals surface area contributed by atoms with Gasteiger partial charge < -0.3 is 10.2 Å². The van der Waals surface area contributed by atoms with Crippen LogP contribution >= 0.6 is 23.1 Å². The molecule has 0 aliphatic rings. The number of hydrogen-bond acceptors (Lipinski definition) is 6. The second-order valence-corrected chi connectivity index (χ2v) is 5.96. The van der Waals surface area contributed by atoms with Crippen molar-refractivity contribution in [3.63, 3.8) is 0 Å². The van der Waals surface area contributed by atoms with E-state index in [1.807, 2.05) is 30.5 Å². The maximum atomic E-state index is 5.71. The number of nitrogens with two attached hydrogens (primary N) is 1. The fourth-order valence-corrected chi connectivity index (χ4v) is 3.27. The van der Waals surface area contributed by atoms with E-state index in [-0.39, 0.29) is 0 Å². The van der Waals surface area contributed by atoms with E-state index in [1.165, 1.54) is 0 Å². The molecule has 0 radical (unpaired) electrons. The number of benzene rings is 1. The smallest absolute Gasteiger partial charge is 0.205 e. The minimum absolute atomic E-state index is 0.682. The fraction of sp³-hybridized carbons (Fsp3) is 0.167. The van der Waals surface area contributed by atoms with Gasteiger partial charge in [-0.3, -0.25) is 0 Å². The van der Waals surface area contributed by atoms with Crippen molar-refractivity contribution in [1.29, 1.82) is 0 Å². The largest absolute Gasteiger partial charge is 0.440 e. The Balaban J connectivity index is 1.78. The number of anilines is 1. The summed E-state index contributed by atoms with van der Waals surface area (Å²) in [5, 5.41) is 2.04. The number of fused-ring (bicyclic) bond motifs is 1. The zero-order valence-electron chi connectivity index (χ0n) is 9.71. The molecular weight excluding hydrogens is 266 g/mol. The molecule has 2 heterocycles. The molecule has 2 N–H and O–H groups in total. The molecule has 0 fully saturated rings. The van der Waals surface area contributed by atoms with Crippen molar-refractivity contribution >= 4 is 39.9 Å². The average molecular weight is 277 g/mol. The highest BCUT2D eigenvalue weighted by Crippen LogP contribution is 2.27. The van der Waals surface area contributed by atoms with Crippen LogP contribution in [0, 0.1) is 6.92 Å². The van der Waals surface area contributed by atoms with Crippen LogP contribution in [0.1, 0.15) is 11.6 Å². The minimum atomic E-state index is 0.682. The molecule has 2 aromatic heterocycles. The molecule has 3 aromatic rings. The molecule has 92 valence electrons. The third kappa shape index (κ3) is 2.34. The van der Waals surface area contributed by atoms with Gasteiger partial charge in [0.15, 0.2) is 9.92 Å². The molecule has 6 heteroatoms. The van der Waals surface area contributed by atoms with Crippen molar-refractivity contribution in [3.05, 3.63) is 35.2 Å². The van der Waals surface area contributed by atoms with Gasteiger partial charge in [-0.25, -0.2) is 9.97 Å². The highest BCUT2D eigenvalue weighted by atomic mass is 32.2. The predicted octanol–water partition coefficient (Wildman–Crippen LogP) is 3.47. The van der Waals surface area contributed by atoms with E-state index in [0.29, 0.717) is 17.3 Å². The first-order chi connectivity index (χ1) is 8.70. The van der Waals surface area contributed by atoms with Crippen LogP contribution < -0.4 is 5.73 Å². The molecule has 0 atom stereocenters. The van der Waals surface area contributed by atoms with Crippen molar-refractivity contribution in [2.75, 3.05) is 5.73 Å². The Morgan fingerprint density at radius 3 is 3.06 bits per heavy atom. The van der Waals surface area contributed by atoms with Crippen LogP contribution in [0.25, 0.3) is 11.1 Å². The molecule has 0 saturated heterocycles. The summed E-state index contributed by atoms with van der Waals surface area (Å²) in [5.74, 6) is 1.38. The Kier molecular flexibility index (Phi) is 2.97. The Morgan fingerprint density at radius 2 is 2.28 bits per heavy atom. The lowest BCUT2D eigenvalue weighted by Gasteiger charge is -1.91. The van der Waals surface area contributed by atoms with Crippen molar-refractivity contribution in [2.45, 2.75) is 17.0 Å². The van der Waals surface area contributed by atoms with Gasteiger partial charge in [0.05, 0.1) is 5.75 Å². The van der Waals surface area contributed by atoms with E-state index in [1.54, 1.807) is 23.1 Å². The molecule has 1 aromatic carbocycles. The van der Waals surface area contributed by atoms with Crippen LogP contribution in [0.3, 0.4) is 0 Å². The van der Waals surface area contributed by atoms with Gasteiger partial charge in [-0.05, 0) is 25.1 Å². The lowest BCUT2D eigenvalue weighted by atomic mass is 10.3. The Labute approximate surface area is 112 Å². The van der Waals surface area contributed by atoms with E-state index in [0.717, 1.165) is 21.1 Å². The summed E-state index contributed by atoms with van der Waals surface area (Å²) in [4.78, 5) is 8.79. The van der Waals surface area contributed by atoms with Crippen molar-refractivity contribution in [2.24, 2.45) is 0 Å². The highest BCUT2D eigenvalue weighted by Gasteiger charge is 2.08. The Bertz CT molecular complexity index is 690. The summed E-state index contributed by atoms with van der Waals surface area (Å²) >= 11 is 3.27. The van der Waals surface area contributed by atoms with Gasteiger partial charge in [0.1, 0.15) is 5.52 Å². The van der Waals surface area contributed by atoms with Crippen LogP contribution in [0.15, 0.2) is 32.3 Å². The SMILES string of the molecule is Cc1csc(SCc2nc3cc(N)ccc3o2)n1. The maximum Gasteiger partial charge on any atom is 0.205 e. The first kappa shape index (κ1) is 11.6. The third-order valence-electron chi connectivity index (χ3n) is 2.37. The normalized spacial score (nSPS) is 11.2. The summed E-state index contributed by atoms with van der Waals surface area (Å²) in [6.45, 7) is 1.99. The number of thioether (sulfide) groups is 1. The molecule has 0 aliphatic carbocycles. The highest BCUT2D eigenvalue weighted by molar-refractivity contribution is 8.00. The monoisotopic (exact) mass is 277 g/mol. The number of oxazole rings is 1. The Morgan fingerprint density at radius 1 is 1.39 bits per heavy atom. The standard InChI is InChI=1S/C12H11N3OS2/c1-7-5-17-12(14-7)18-6-11-15-9-4-8(13)2-3-10(9)16-11/h2-5H,6,13H2,1H3. The molecule has 4 nitrogen and oxygen atoms in total. The number of aryl methyl sites for hydroxylation is 1. The van der Waals surface area contributed by atoms with Crippen LogP contribution in [0.5, 0.6) is 0 Å². The molecule has 0 spiro atoms.